The number of aromatic nitrogens is 1. The number of likely N-dealkylation sites (N-methyl/N-ethyl adjacent to an activating group) is 1. The minimum absolute atomic E-state index is 0.158. The van der Waals surface area contributed by atoms with Crippen LogP contribution in [0.3, 0.4) is 0 Å². The Morgan fingerprint density at radius 3 is 2.30 bits per heavy atom. The molecule has 3 aromatic rings. The lowest BCUT2D eigenvalue weighted by molar-refractivity contribution is -0.122. The van der Waals surface area contributed by atoms with Gasteiger partial charge in [-0.1, -0.05) is 43.9 Å². The number of halogens is 3. The molecule has 0 bridgehead atoms. The van der Waals surface area contributed by atoms with E-state index in [9.17, 15) is 27.6 Å². The average Bonchev–Trinajstić information content (AvgIpc) is 3.25. The SMILES string of the molecule is CN(C(=O)c1cc(=O)[nH]o1)C(C(=O)Cc1ccc([Si](C)(C)C)c(F)c1)c1ccc(OCCC(F)F)cc1. The van der Waals surface area contributed by atoms with Gasteiger partial charge in [-0.3, -0.25) is 14.4 Å². The van der Waals surface area contributed by atoms with Crippen molar-refractivity contribution in [2.45, 2.75) is 44.9 Å². The molecule has 0 fully saturated rings. The lowest BCUT2D eigenvalue weighted by Crippen LogP contribution is -2.40. The van der Waals surface area contributed by atoms with Crippen molar-refractivity contribution in [1.82, 2.24) is 10.1 Å². The van der Waals surface area contributed by atoms with Crippen LogP contribution >= 0.6 is 0 Å². The molecular weight excluding hydrogens is 505 g/mol. The van der Waals surface area contributed by atoms with Crippen LogP contribution in [0.2, 0.25) is 19.6 Å². The number of H-pyrrole nitrogens is 1. The zero-order valence-corrected chi connectivity index (χ0v) is 22.0. The molecule has 3 rings (SSSR count). The Kier molecular flexibility index (Phi) is 8.80. The topological polar surface area (TPSA) is 92.6 Å². The molecule has 1 heterocycles. The molecule has 2 aromatic carbocycles. The number of ketones is 1. The van der Waals surface area contributed by atoms with Crippen LogP contribution in [0.5, 0.6) is 5.75 Å². The van der Waals surface area contributed by atoms with Crippen LogP contribution in [-0.2, 0) is 11.2 Å². The van der Waals surface area contributed by atoms with Gasteiger partial charge in [0.2, 0.25) is 12.2 Å². The van der Waals surface area contributed by atoms with Crippen LogP contribution in [0, 0.1) is 5.82 Å². The van der Waals surface area contributed by atoms with E-state index < -0.39 is 44.2 Å². The summed E-state index contributed by atoms with van der Waals surface area (Å²) < 4.78 is 49.8. The number of Topliss-reactive ketones (excluding diaryl/α,β-unsaturated/α-hetero) is 1. The highest BCUT2D eigenvalue weighted by Gasteiger charge is 2.31. The number of hydrogen-bond acceptors (Lipinski definition) is 5. The molecule has 0 saturated carbocycles. The fraction of sp³-hybridized carbons (Fsp3) is 0.346. The second-order valence-corrected chi connectivity index (χ2v) is 14.7. The van der Waals surface area contributed by atoms with Crippen molar-refractivity contribution in [1.29, 1.82) is 0 Å². The van der Waals surface area contributed by atoms with Gasteiger partial charge in [0.25, 0.3) is 11.5 Å². The van der Waals surface area contributed by atoms with Crippen LogP contribution in [0.1, 0.15) is 34.1 Å². The van der Waals surface area contributed by atoms with E-state index in [0.717, 1.165) is 11.0 Å². The molecule has 0 saturated heterocycles. The third kappa shape index (κ3) is 7.22. The van der Waals surface area contributed by atoms with E-state index in [1.165, 1.54) is 25.2 Å². The van der Waals surface area contributed by atoms with Gasteiger partial charge >= 0.3 is 0 Å². The quantitative estimate of drug-likeness (QED) is 0.370. The molecular formula is C26H29F3N2O5Si. The van der Waals surface area contributed by atoms with Crippen molar-refractivity contribution >= 4 is 25.0 Å². The highest BCUT2D eigenvalue weighted by atomic mass is 28.3. The van der Waals surface area contributed by atoms with Crippen LogP contribution in [-0.4, -0.2) is 49.9 Å². The van der Waals surface area contributed by atoms with Gasteiger partial charge in [0.05, 0.1) is 20.7 Å². The predicted molar refractivity (Wildman–Crippen MR) is 135 cm³/mol. The zero-order chi connectivity index (χ0) is 27.3. The van der Waals surface area contributed by atoms with Crippen molar-refractivity contribution in [3.8, 4) is 5.75 Å². The first-order chi connectivity index (χ1) is 17.4. The lowest BCUT2D eigenvalue weighted by atomic mass is 9.96. The van der Waals surface area contributed by atoms with Gasteiger partial charge < -0.3 is 14.2 Å². The van der Waals surface area contributed by atoms with Gasteiger partial charge in [-0.25, -0.2) is 13.2 Å². The van der Waals surface area contributed by atoms with Crippen molar-refractivity contribution in [3.63, 3.8) is 0 Å². The van der Waals surface area contributed by atoms with E-state index in [0.29, 0.717) is 22.1 Å². The molecule has 11 heteroatoms. The zero-order valence-electron chi connectivity index (χ0n) is 21.0. The first-order valence-corrected chi connectivity index (χ1v) is 15.1. The third-order valence-corrected chi connectivity index (χ3v) is 7.79. The van der Waals surface area contributed by atoms with Crippen molar-refractivity contribution in [2.75, 3.05) is 13.7 Å². The van der Waals surface area contributed by atoms with Gasteiger partial charge in [0.15, 0.2) is 5.78 Å². The highest BCUT2D eigenvalue weighted by Crippen LogP contribution is 2.26. The Labute approximate surface area is 213 Å². The first kappa shape index (κ1) is 28.0. The number of alkyl halides is 2. The van der Waals surface area contributed by atoms with Crippen LogP contribution < -0.4 is 15.5 Å². The normalized spacial score (nSPS) is 12.4. The Morgan fingerprint density at radius 2 is 1.76 bits per heavy atom. The Morgan fingerprint density at radius 1 is 1.08 bits per heavy atom. The molecule has 198 valence electrons. The third-order valence-electron chi connectivity index (χ3n) is 5.77. The summed E-state index contributed by atoms with van der Waals surface area (Å²) in [5, 5.41) is 2.69. The number of rotatable bonds is 11. The van der Waals surface area contributed by atoms with E-state index in [1.54, 1.807) is 24.3 Å². The fourth-order valence-corrected chi connectivity index (χ4v) is 5.26. The number of ether oxygens (including phenoxy) is 1. The van der Waals surface area contributed by atoms with Crippen LogP contribution in [0.4, 0.5) is 13.2 Å². The molecule has 7 nitrogen and oxygen atoms in total. The number of amides is 1. The Bertz CT molecular complexity index is 1300. The fourth-order valence-electron chi connectivity index (χ4n) is 3.89. The molecule has 1 unspecified atom stereocenters. The molecule has 1 N–H and O–H groups in total. The molecule has 0 spiro atoms. The standard InChI is InChI=1S/C26H29F3N2O5Si/c1-31(26(34)21-15-24(33)30-36-21)25(17-6-8-18(9-7-17)35-12-11-23(28)29)20(32)14-16-5-10-22(19(27)13-16)37(2,3)4/h5-10,13,15,23,25H,11-12,14H2,1-4H3,(H,30,33). The molecule has 37 heavy (non-hydrogen) atoms. The number of nitrogens with zero attached hydrogens (tertiary/aromatic N) is 1. The number of hydrogen-bond donors (Lipinski definition) is 1. The summed E-state index contributed by atoms with van der Waals surface area (Å²) in [5.41, 5.74) is 0.262. The number of nitrogens with one attached hydrogen (secondary N) is 1. The second kappa shape index (κ2) is 11.6. The molecule has 0 aliphatic rings. The van der Waals surface area contributed by atoms with E-state index in [1.807, 2.05) is 24.8 Å². The smallest absolute Gasteiger partial charge is 0.293 e. The largest absolute Gasteiger partial charge is 0.493 e. The maximum Gasteiger partial charge on any atom is 0.293 e. The Balaban J connectivity index is 1.89. The maximum atomic E-state index is 14.8. The predicted octanol–water partition coefficient (Wildman–Crippen LogP) is 4.31. The lowest BCUT2D eigenvalue weighted by Gasteiger charge is -2.27. The first-order valence-electron chi connectivity index (χ1n) is 11.6. The summed E-state index contributed by atoms with van der Waals surface area (Å²) in [7, 11) is -0.522. The van der Waals surface area contributed by atoms with Crippen LogP contribution in [0.15, 0.2) is 57.8 Å². The Hall–Kier alpha value is -3.60. The van der Waals surface area contributed by atoms with Gasteiger partial charge in [0, 0.05) is 19.9 Å². The summed E-state index contributed by atoms with van der Waals surface area (Å²) in [4.78, 5) is 39.1. The van der Waals surface area contributed by atoms with E-state index in [2.05, 4.69) is 0 Å². The molecule has 1 amide bonds. The highest BCUT2D eigenvalue weighted by molar-refractivity contribution is 6.88. The van der Waals surface area contributed by atoms with Crippen LogP contribution in [0.25, 0.3) is 0 Å². The molecule has 0 radical (unpaired) electrons. The van der Waals surface area contributed by atoms with Gasteiger partial charge in [-0.15, -0.1) is 0 Å². The number of benzene rings is 2. The van der Waals surface area contributed by atoms with Gasteiger partial charge in [-0.05, 0) is 34.5 Å². The summed E-state index contributed by atoms with van der Waals surface area (Å²) in [6, 6.07) is 10.7. The summed E-state index contributed by atoms with van der Waals surface area (Å²) in [6.45, 7) is 5.89. The van der Waals surface area contributed by atoms with Crippen molar-refractivity contribution in [3.05, 3.63) is 81.6 Å². The molecule has 1 atom stereocenters. The maximum absolute atomic E-state index is 14.8. The number of carbonyl (C=O) groups excluding carboxylic acids is 2. The van der Waals surface area contributed by atoms with Crippen molar-refractivity contribution < 1.29 is 32.0 Å². The van der Waals surface area contributed by atoms with Gasteiger partial charge in [0.1, 0.15) is 17.6 Å². The molecule has 0 aliphatic heterocycles. The average molecular weight is 535 g/mol. The number of carbonyl (C=O) groups is 2. The van der Waals surface area contributed by atoms with Gasteiger partial charge in [-0.2, -0.15) is 5.16 Å². The number of aromatic amines is 1. The van der Waals surface area contributed by atoms with Crippen molar-refractivity contribution in [2.24, 2.45) is 0 Å². The summed E-state index contributed by atoms with van der Waals surface area (Å²) in [5.74, 6) is -1.44. The summed E-state index contributed by atoms with van der Waals surface area (Å²) in [6.07, 6.45) is -3.07. The van der Waals surface area contributed by atoms with E-state index >= 15 is 0 Å². The second-order valence-electron chi connectivity index (χ2n) is 9.70. The van der Waals surface area contributed by atoms with E-state index in [-0.39, 0.29) is 24.6 Å². The minimum Gasteiger partial charge on any atom is -0.493 e. The van der Waals surface area contributed by atoms with E-state index in [4.69, 9.17) is 9.26 Å². The molecule has 1 aromatic heterocycles. The minimum atomic E-state index is -2.49. The summed E-state index contributed by atoms with van der Waals surface area (Å²) >= 11 is 0. The monoisotopic (exact) mass is 534 g/mol. The molecule has 0 aliphatic carbocycles.